The Morgan fingerprint density at radius 2 is 2.33 bits per heavy atom. The summed E-state index contributed by atoms with van der Waals surface area (Å²) in [6.45, 7) is 8.98. The van der Waals surface area contributed by atoms with E-state index in [0.29, 0.717) is 12.1 Å². The summed E-state index contributed by atoms with van der Waals surface area (Å²) in [7, 11) is 0. The Morgan fingerprint density at radius 3 is 3.11 bits per heavy atom. The van der Waals surface area contributed by atoms with Crippen molar-refractivity contribution < 1.29 is 4.74 Å². The van der Waals surface area contributed by atoms with Crippen LogP contribution in [-0.4, -0.2) is 49.8 Å². The molecule has 1 N–H and O–H groups in total. The third kappa shape index (κ3) is 3.68. The second kappa shape index (κ2) is 6.01. The molecule has 0 saturated carbocycles. The number of hydrogen-bond acceptors (Lipinski definition) is 4. The van der Waals surface area contributed by atoms with Crippen molar-refractivity contribution in [3.8, 4) is 6.07 Å². The van der Waals surface area contributed by atoms with E-state index in [1.165, 1.54) is 19.4 Å². The summed E-state index contributed by atoms with van der Waals surface area (Å²) in [6, 6.07) is 3.01. The van der Waals surface area contributed by atoms with E-state index in [2.05, 4.69) is 16.3 Å². The zero-order valence-electron chi connectivity index (χ0n) is 11.6. The first-order valence-corrected chi connectivity index (χ1v) is 7.08. The number of fused-ring (bicyclic) bond motifs is 1. The highest BCUT2D eigenvalue weighted by atomic mass is 16.5. The minimum Gasteiger partial charge on any atom is -0.374 e. The Balaban J connectivity index is 1.62. The van der Waals surface area contributed by atoms with Crippen LogP contribution in [-0.2, 0) is 4.74 Å². The number of nitrogens with zero attached hydrogens (tertiary/aromatic N) is 2. The monoisotopic (exact) mass is 251 g/mol. The first kappa shape index (κ1) is 13.8. The zero-order chi connectivity index (χ0) is 13.0. The van der Waals surface area contributed by atoms with Crippen molar-refractivity contribution in [3.05, 3.63) is 0 Å². The van der Waals surface area contributed by atoms with Crippen LogP contribution in [0, 0.1) is 16.7 Å². The topological polar surface area (TPSA) is 48.3 Å². The highest BCUT2D eigenvalue weighted by Crippen LogP contribution is 2.22. The molecule has 2 heterocycles. The maximum absolute atomic E-state index is 8.94. The summed E-state index contributed by atoms with van der Waals surface area (Å²) >= 11 is 0. The molecule has 0 aromatic rings. The molecule has 2 atom stereocenters. The van der Waals surface area contributed by atoms with Crippen molar-refractivity contribution in [2.75, 3.05) is 32.8 Å². The van der Waals surface area contributed by atoms with Crippen molar-refractivity contribution in [2.24, 2.45) is 5.41 Å². The van der Waals surface area contributed by atoms with Crippen molar-refractivity contribution >= 4 is 0 Å². The lowest BCUT2D eigenvalue weighted by atomic mass is 9.91. The van der Waals surface area contributed by atoms with Gasteiger partial charge in [-0.3, -0.25) is 4.90 Å². The molecule has 0 aromatic heterocycles. The van der Waals surface area contributed by atoms with Crippen LogP contribution in [0.25, 0.3) is 0 Å². The standard InChI is InChI=1S/C14H25N3O/c1-14(2,11-15)5-6-16-8-13-9-17-7-3-4-12(17)10-18-13/h12-13,16H,3-10H2,1-2H3. The third-order valence-corrected chi connectivity index (χ3v) is 4.06. The molecule has 0 spiro atoms. The maximum Gasteiger partial charge on any atom is 0.0826 e. The smallest absolute Gasteiger partial charge is 0.0826 e. The normalized spacial score (nSPS) is 28.9. The van der Waals surface area contributed by atoms with Gasteiger partial charge in [0.2, 0.25) is 0 Å². The van der Waals surface area contributed by atoms with Gasteiger partial charge in [0.25, 0.3) is 0 Å². The van der Waals surface area contributed by atoms with Crippen molar-refractivity contribution in [1.29, 1.82) is 5.26 Å². The molecule has 0 aromatic carbocycles. The van der Waals surface area contributed by atoms with Gasteiger partial charge in [-0.25, -0.2) is 0 Å². The molecular weight excluding hydrogens is 226 g/mol. The largest absolute Gasteiger partial charge is 0.374 e. The second-order valence-corrected chi connectivity index (χ2v) is 6.20. The first-order chi connectivity index (χ1) is 8.61. The molecule has 2 unspecified atom stereocenters. The van der Waals surface area contributed by atoms with Gasteiger partial charge in [0.05, 0.1) is 24.2 Å². The fourth-order valence-electron chi connectivity index (χ4n) is 2.73. The van der Waals surface area contributed by atoms with Gasteiger partial charge in [-0.15, -0.1) is 0 Å². The van der Waals surface area contributed by atoms with Gasteiger partial charge >= 0.3 is 0 Å². The molecular formula is C14H25N3O. The van der Waals surface area contributed by atoms with Crippen molar-refractivity contribution in [1.82, 2.24) is 10.2 Å². The van der Waals surface area contributed by atoms with E-state index in [1.54, 1.807) is 0 Å². The summed E-state index contributed by atoms with van der Waals surface area (Å²) in [4.78, 5) is 2.56. The van der Waals surface area contributed by atoms with Crippen LogP contribution in [0.1, 0.15) is 33.1 Å². The Kier molecular flexibility index (Phi) is 4.60. The van der Waals surface area contributed by atoms with Gasteiger partial charge < -0.3 is 10.1 Å². The van der Waals surface area contributed by atoms with Crippen LogP contribution >= 0.6 is 0 Å². The summed E-state index contributed by atoms with van der Waals surface area (Å²) in [6.07, 6.45) is 3.84. The Morgan fingerprint density at radius 1 is 1.50 bits per heavy atom. The molecule has 4 nitrogen and oxygen atoms in total. The number of rotatable bonds is 5. The van der Waals surface area contributed by atoms with E-state index in [0.717, 1.165) is 32.7 Å². The summed E-state index contributed by atoms with van der Waals surface area (Å²) in [5.74, 6) is 0. The molecule has 0 radical (unpaired) electrons. The highest BCUT2D eigenvalue weighted by Gasteiger charge is 2.31. The fraction of sp³-hybridized carbons (Fsp3) is 0.929. The third-order valence-electron chi connectivity index (χ3n) is 4.06. The summed E-state index contributed by atoms with van der Waals surface area (Å²) in [5, 5.41) is 12.4. The molecule has 2 aliphatic heterocycles. The first-order valence-electron chi connectivity index (χ1n) is 7.08. The average Bonchev–Trinajstić information content (AvgIpc) is 2.82. The highest BCUT2D eigenvalue weighted by molar-refractivity contribution is 4.92. The van der Waals surface area contributed by atoms with E-state index in [4.69, 9.17) is 10.00 Å². The Labute approximate surface area is 110 Å². The molecule has 0 amide bonds. The number of nitrogens with one attached hydrogen (secondary N) is 1. The van der Waals surface area contributed by atoms with Crippen LogP contribution in [0.3, 0.4) is 0 Å². The average molecular weight is 251 g/mol. The number of hydrogen-bond donors (Lipinski definition) is 1. The lowest BCUT2D eigenvalue weighted by molar-refractivity contribution is -0.0469. The molecule has 2 rings (SSSR count). The number of ether oxygens (including phenoxy) is 1. The summed E-state index contributed by atoms with van der Waals surface area (Å²) in [5.41, 5.74) is -0.222. The molecule has 102 valence electrons. The molecule has 0 aliphatic carbocycles. The Hall–Kier alpha value is -0.630. The SMILES string of the molecule is CC(C)(C#N)CCNCC1CN2CCCC2CO1. The number of nitriles is 1. The lowest BCUT2D eigenvalue weighted by Gasteiger charge is -2.35. The predicted octanol–water partition coefficient (Wildman–Crippen LogP) is 1.38. The van der Waals surface area contributed by atoms with Crippen LogP contribution in [0.5, 0.6) is 0 Å². The van der Waals surface area contributed by atoms with E-state index >= 15 is 0 Å². The minimum atomic E-state index is -0.222. The predicted molar refractivity (Wildman–Crippen MR) is 71.2 cm³/mol. The van der Waals surface area contributed by atoms with Crippen LogP contribution in [0.2, 0.25) is 0 Å². The van der Waals surface area contributed by atoms with Gasteiger partial charge in [0.15, 0.2) is 0 Å². The van der Waals surface area contributed by atoms with Crippen LogP contribution in [0.15, 0.2) is 0 Å². The number of morpholine rings is 1. The van der Waals surface area contributed by atoms with E-state index < -0.39 is 0 Å². The van der Waals surface area contributed by atoms with Gasteiger partial charge in [-0.2, -0.15) is 5.26 Å². The van der Waals surface area contributed by atoms with Crippen molar-refractivity contribution in [2.45, 2.75) is 45.3 Å². The molecule has 4 heteroatoms. The van der Waals surface area contributed by atoms with Gasteiger partial charge in [0.1, 0.15) is 0 Å². The van der Waals surface area contributed by atoms with E-state index in [9.17, 15) is 0 Å². The van der Waals surface area contributed by atoms with Crippen LogP contribution < -0.4 is 5.32 Å². The van der Waals surface area contributed by atoms with E-state index in [1.807, 2.05) is 13.8 Å². The molecule has 2 saturated heterocycles. The second-order valence-electron chi connectivity index (χ2n) is 6.20. The van der Waals surface area contributed by atoms with Crippen molar-refractivity contribution in [3.63, 3.8) is 0 Å². The lowest BCUT2D eigenvalue weighted by Crippen LogP contribution is -2.49. The molecule has 2 aliphatic rings. The van der Waals surface area contributed by atoms with Gasteiger partial charge in [-0.05, 0) is 46.2 Å². The van der Waals surface area contributed by atoms with Gasteiger partial charge in [0, 0.05) is 19.1 Å². The fourth-order valence-corrected chi connectivity index (χ4v) is 2.73. The van der Waals surface area contributed by atoms with Gasteiger partial charge in [-0.1, -0.05) is 0 Å². The minimum absolute atomic E-state index is 0.222. The quantitative estimate of drug-likeness (QED) is 0.750. The summed E-state index contributed by atoms with van der Waals surface area (Å²) < 4.78 is 5.88. The molecule has 18 heavy (non-hydrogen) atoms. The Bertz CT molecular complexity index is 311. The zero-order valence-corrected chi connectivity index (χ0v) is 11.6. The van der Waals surface area contributed by atoms with Crippen LogP contribution in [0.4, 0.5) is 0 Å². The molecule has 2 fully saturated rings. The maximum atomic E-state index is 8.94. The molecule has 0 bridgehead atoms. The van der Waals surface area contributed by atoms with E-state index in [-0.39, 0.29) is 5.41 Å².